The highest BCUT2D eigenvalue weighted by Crippen LogP contribution is 2.28. The second kappa shape index (κ2) is 6.12. The molecule has 0 heterocycles. The summed E-state index contributed by atoms with van der Waals surface area (Å²) in [6, 6.07) is 13.4. The minimum Gasteiger partial charge on any atom is -0.309 e. The molecule has 2 aromatic carbocycles. The average molecular weight is 420 g/mol. The molecule has 18 heavy (non-hydrogen) atoms. The minimum absolute atomic E-state index is 0.0648. The van der Waals surface area contributed by atoms with Crippen molar-refractivity contribution in [2.45, 2.75) is 6.04 Å². The Balaban J connectivity index is 2.45. The number of nitrogens with one attached hydrogen (secondary N) is 1. The molecule has 1 nitrogen and oxygen atoms in total. The van der Waals surface area contributed by atoms with Crippen molar-refractivity contribution in [2.24, 2.45) is 0 Å². The van der Waals surface area contributed by atoms with Gasteiger partial charge in [0.05, 0.1) is 10.5 Å². The van der Waals surface area contributed by atoms with Gasteiger partial charge >= 0.3 is 0 Å². The molecule has 0 radical (unpaired) electrons. The molecule has 0 aliphatic heterocycles. The summed E-state index contributed by atoms with van der Waals surface area (Å²) in [7, 11) is 1.91. The van der Waals surface area contributed by atoms with E-state index >= 15 is 0 Å². The van der Waals surface area contributed by atoms with Gasteiger partial charge in [-0.15, -0.1) is 0 Å². The van der Waals surface area contributed by atoms with Gasteiger partial charge in [0.1, 0.15) is 5.82 Å². The zero-order valence-electron chi connectivity index (χ0n) is 9.75. The molecule has 0 saturated heterocycles. The van der Waals surface area contributed by atoms with Crippen LogP contribution in [0.3, 0.4) is 0 Å². The minimum atomic E-state index is -0.239. The maximum atomic E-state index is 13.3. The number of rotatable bonds is 3. The van der Waals surface area contributed by atoms with Crippen molar-refractivity contribution in [3.05, 3.63) is 67.5 Å². The first-order chi connectivity index (χ1) is 8.63. The third-order valence-electron chi connectivity index (χ3n) is 2.78. The average Bonchev–Trinajstić information content (AvgIpc) is 2.37. The monoisotopic (exact) mass is 419 g/mol. The van der Waals surface area contributed by atoms with Crippen LogP contribution in [0.5, 0.6) is 0 Å². The van der Waals surface area contributed by atoms with E-state index in [0.717, 1.165) is 5.56 Å². The zero-order valence-corrected chi connectivity index (χ0v) is 13.5. The maximum absolute atomic E-state index is 13.3. The molecule has 0 aliphatic carbocycles. The van der Waals surface area contributed by atoms with Crippen LogP contribution in [0.1, 0.15) is 17.2 Å². The van der Waals surface area contributed by atoms with Gasteiger partial charge < -0.3 is 5.32 Å². The Morgan fingerprint density at radius 3 is 2.56 bits per heavy atom. The van der Waals surface area contributed by atoms with Crippen LogP contribution in [0.2, 0.25) is 0 Å². The molecule has 0 aliphatic rings. The molecule has 2 rings (SSSR count). The molecule has 1 unspecified atom stereocenters. The first-order valence-electron chi connectivity index (χ1n) is 5.50. The van der Waals surface area contributed by atoms with Gasteiger partial charge in [-0.3, -0.25) is 0 Å². The van der Waals surface area contributed by atoms with Crippen LogP contribution in [-0.4, -0.2) is 7.05 Å². The number of hydrogen-bond donors (Lipinski definition) is 1. The highest BCUT2D eigenvalue weighted by Gasteiger charge is 2.15. The summed E-state index contributed by atoms with van der Waals surface area (Å²) in [4.78, 5) is 0. The van der Waals surface area contributed by atoms with E-state index in [2.05, 4.69) is 56.0 Å². The standard InChI is InChI=1S/C14H12BrFIN/c1-18-14(10-4-2-3-5-13(10)17)9-6-7-12(16)11(15)8-9/h2-8,14,18H,1H3. The van der Waals surface area contributed by atoms with E-state index in [0.29, 0.717) is 4.47 Å². The van der Waals surface area contributed by atoms with Gasteiger partial charge in [0, 0.05) is 3.57 Å². The predicted octanol–water partition coefficient (Wildman–Crippen LogP) is 4.50. The zero-order chi connectivity index (χ0) is 13.1. The molecular weight excluding hydrogens is 408 g/mol. The number of hydrogen-bond acceptors (Lipinski definition) is 1. The van der Waals surface area contributed by atoms with Crippen molar-refractivity contribution in [2.75, 3.05) is 7.05 Å². The lowest BCUT2D eigenvalue weighted by Gasteiger charge is -2.19. The predicted molar refractivity (Wildman–Crippen MR) is 84.2 cm³/mol. The van der Waals surface area contributed by atoms with E-state index in [4.69, 9.17) is 0 Å². The number of halogens is 3. The van der Waals surface area contributed by atoms with E-state index in [1.54, 1.807) is 0 Å². The molecule has 1 atom stereocenters. The van der Waals surface area contributed by atoms with E-state index in [-0.39, 0.29) is 11.9 Å². The molecule has 0 saturated carbocycles. The summed E-state index contributed by atoms with van der Waals surface area (Å²) < 4.78 is 15.0. The van der Waals surface area contributed by atoms with Crippen LogP contribution >= 0.6 is 38.5 Å². The Morgan fingerprint density at radius 1 is 1.22 bits per heavy atom. The summed E-state index contributed by atoms with van der Waals surface area (Å²) in [6.45, 7) is 0. The normalized spacial score (nSPS) is 12.4. The summed E-state index contributed by atoms with van der Waals surface area (Å²) in [5.41, 5.74) is 2.23. The van der Waals surface area contributed by atoms with Crippen molar-refractivity contribution >= 4 is 38.5 Å². The van der Waals surface area contributed by atoms with Gasteiger partial charge in [-0.1, -0.05) is 24.3 Å². The topological polar surface area (TPSA) is 12.0 Å². The molecule has 1 N–H and O–H groups in total. The van der Waals surface area contributed by atoms with Gasteiger partial charge in [0.2, 0.25) is 0 Å². The van der Waals surface area contributed by atoms with E-state index in [9.17, 15) is 4.39 Å². The Labute approximate surface area is 128 Å². The molecule has 0 bridgehead atoms. The fourth-order valence-electron chi connectivity index (χ4n) is 1.90. The smallest absolute Gasteiger partial charge is 0.137 e. The Kier molecular flexibility index (Phi) is 4.75. The van der Waals surface area contributed by atoms with Gasteiger partial charge in [0.25, 0.3) is 0 Å². The van der Waals surface area contributed by atoms with Crippen LogP contribution in [0, 0.1) is 9.39 Å². The molecule has 4 heteroatoms. The maximum Gasteiger partial charge on any atom is 0.137 e. The van der Waals surface area contributed by atoms with E-state index in [1.807, 2.05) is 31.3 Å². The molecule has 0 spiro atoms. The summed E-state index contributed by atoms with van der Waals surface area (Å²) in [5.74, 6) is -0.239. The largest absolute Gasteiger partial charge is 0.309 e. The van der Waals surface area contributed by atoms with Gasteiger partial charge in [-0.05, 0) is 74.9 Å². The molecule has 0 amide bonds. The SMILES string of the molecule is CNC(c1ccc(F)c(Br)c1)c1ccccc1I. The number of benzene rings is 2. The van der Waals surface area contributed by atoms with Crippen LogP contribution in [0.4, 0.5) is 4.39 Å². The highest BCUT2D eigenvalue weighted by molar-refractivity contribution is 14.1. The quantitative estimate of drug-likeness (QED) is 0.722. The van der Waals surface area contributed by atoms with Gasteiger partial charge in [0.15, 0.2) is 0 Å². The third kappa shape index (κ3) is 2.92. The molecule has 94 valence electrons. The van der Waals surface area contributed by atoms with Gasteiger partial charge in [-0.2, -0.15) is 0 Å². The molecule has 0 aromatic heterocycles. The van der Waals surface area contributed by atoms with E-state index in [1.165, 1.54) is 15.2 Å². The highest BCUT2D eigenvalue weighted by atomic mass is 127. The summed E-state index contributed by atoms with van der Waals surface area (Å²) in [6.07, 6.45) is 0. The third-order valence-corrected chi connectivity index (χ3v) is 4.37. The fourth-order valence-corrected chi connectivity index (χ4v) is 3.00. The lowest BCUT2D eigenvalue weighted by Crippen LogP contribution is -2.18. The Hall–Kier alpha value is -0.460. The van der Waals surface area contributed by atoms with Crippen molar-refractivity contribution in [3.63, 3.8) is 0 Å². The second-order valence-electron chi connectivity index (χ2n) is 3.92. The first-order valence-corrected chi connectivity index (χ1v) is 7.37. The fraction of sp³-hybridized carbons (Fsp3) is 0.143. The van der Waals surface area contributed by atoms with Crippen molar-refractivity contribution in [3.8, 4) is 0 Å². The Bertz CT molecular complexity index is 559. The van der Waals surface area contributed by atoms with E-state index < -0.39 is 0 Å². The van der Waals surface area contributed by atoms with Crippen molar-refractivity contribution in [1.29, 1.82) is 0 Å². The van der Waals surface area contributed by atoms with Crippen molar-refractivity contribution < 1.29 is 4.39 Å². The van der Waals surface area contributed by atoms with Crippen LogP contribution in [-0.2, 0) is 0 Å². The summed E-state index contributed by atoms with van der Waals surface area (Å²) >= 11 is 5.55. The molecule has 0 fully saturated rings. The first kappa shape index (κ1) is 14.0. The van der Waals surface area contributed by atoms with Crippen molar-refractivity contribution in [1.82, 2.24) is 5.32 Å². The summed E-state index contributed by atoms with van der Waals surface area (Å²) in [5, 5.41) is 3.27. The molecule has 2 aromatic rings. The molecular formula is C14H12BrFIN. The van der Waals surface area contributed by atoms with Crippen LogP contribution in [0.25, 0.3) is 0 Å². The second-order valence-corrected chi connectivity index (χ2v) is 5.93. The van der Waals surface area contributed by atoms with Crippen LogP contribution in [0.15, 0.2) is 46.9 Å². The lowest BCUT2D eigenvalue weighted by molar-refractivity contribution is 0.616. The van der Waals surface area contributed by atoms with Gasteiger partial charge in [-0.25, -0.2) is 4.39 Å². The Morgan fingerprint density at radius 2 is 1.94 bits per heavy atom. The lowest BCUT2D eigenvalue weighted by atomic mass is 9.99. The van der Waals surface area contributed by atoms with Crippen LogP contribution < -0.4 is 5.32 Å².